The van der Waals surface area contributed by atoms with Crippen LogP contribution in [0.5, 0.6) is 0 Å². The Morgan fingerprint density at radius 3 is 2.17 bits per heavy atom. The molecule has 0 radical (unpaired) electrons. The van der Waals surface area contributed by atoms with Gasteiger partial charge in [0, 0.05) is 31.1 Å². The van der Waals surface area contributed by atoms with Crippen molar-refractivity contribution in [1.82, 2.24) is 20.0 Å². The Labute approximate surface area is 236 Å². The molecule has 15 heteroatoms. The molecule has 2 aromatic carbocycles. The second-order valence-corrected chi connectivity index (χ2v) is 10.3. The maximum Gasteiger partial charge on any atom is 0.416 e. The Kier molecular flexibility index (Phi) is 9.19. The molecule has 2 saturated heterocycles. The highest BCUT2D eigenvalue weighted by Crippen LogP contribution is 2.36. The van der Waals surface area contributed by atoms with E-state index in [1.807, 2.05) is 0 Å². The normalized spacial score (nSPS) is 21.3. The van der Waals surface area contributed by atoms with Crippen LogP contribution in [0.4, 0.5) is 26.3 Å². The summed E-state index contributed by atoms with van der Waals surface area (Å²) in [5, 5.41) is 14.1. The number of alkyl halides is 6. The first-order chi connectivity index (χ1) is 19.2. The standard InChI is InChI=1S/C26H28ClF6N5O3/c27-19-3-1-15(2-4-19)13-36-14-21-37(8-6-22(39)38(21)20(5-7-34)23(36)40)24(41)35-12-16-9-17(25(28,29)30)11-18(10-16)26(31,32)33/h1-4,9-11,20-21,24,35,41H,5-8,12-14,34H2/t20-,21+,24?/m0/s1. The Morgan fingerprint density at radius 1 is 1.00 bits per heavy atom. The first-order valence-corrected chi connectivity index (χ1v) is 13.1. The third-order valence-corrected chi connectivity index (χ3v) is 7.32. The molecule has 3 atom stereocenters. The van der Waals surface area contributed by atoms with E-state index in [9.17, 15) is 41.0 Å². The van der Waals surface area contributed by atoms with E-state index in [-0.39, 0.29) is 62.5 Å². The van der Waals surface area contributed by atoms with Crippen LogP contribution in [0.15, 0.2) is 42.5 Å². The number of benzene rings is 2. The van der Waals surface area contributed by atoms with Gasteiger partial charge in [0.1, 0.15) is 12.2 Å². The lowest BCUT2D eigenvalue weighted by molar-refractivity contribution is -0.185. The molecule has 41 heavy (non-hydrogen) atoms. The zero-order valence-electron chi connectivity index (χ0n) is 21.6. The minimum atomic E-state index is -5.01. The molecular weight excluding hydrogens is 580 g/mol. The maximum absolute atomic E-state index is 13.4. The number of aliphatic hydroxyl groups excluding tert-OH is 1. The van der Waals surface area contributed by atoms with Gasteiger partial charge in [-0.3, -0.25) is 14.9 Å². The van der Waals surface area contributed by atoms with Gasteiger partial charge in [-0.15, -0.1) is 0 Å². The fourth-order valence-corrected chi connectivity index (χ4v) is 5.25. The van der Waals surface area contributed by atoms with Crippen LogP contribution in [0.1, 0.15) is 35.1 Å². The molecule has 2 amide bonds. The van der Waals surface area contributed by atoms with Gasteiger partial charge in [0.2, 0.25) is 11.8 Å². The smallest absolute Gasteiger partial charge is 0.365 e. The van der Waals surface area contributed by atoms with E-state index in [4.69, 9.17) is 17.3 Å². The SMILES string of the molecule is NCC[C@H]1C(=O)N(Cc2ccc(Cl)cc2)C[C@@H]2N(C(O)NCc3cc(C(F)(F)F)cc(C(F)(F)F)c3)CCC(=O)N21. The zero-order valence-corrected chi connectivity index (χ0v) is 22.3. The third kappa shape index (κ3) is 7.12. The predicted molar refractivity (Wildman–Crippen MR) is 136 cm³/mol. The topological polar surface area (TPSA) is 102 Å². The number of nitrogens with two attached hydrogens (primary N) is 1. The number of nitrogens with zero attached hydrogens (tertiary/aromatic N) is 3. The van der Waals surface area contributed by atoms with Crippen LogP contribution < -0.4 is 11.1 Å². The first kappa shape index (κ1) is 31.0. The van der Waals surface area contributed by atoms with Gasteiger partial charge in [-0.25, -0.2) is 4.90 Å². The number of hydrogen-bond acceptors (Lipinski definition) is 6. The van der Waals surface area contributed by atoms with Crippen molar-refractivity contribution < 1.29 is 41.0 Å². The predicted octanol–water partition coefficient (Wildman–Crippen LogP) is 3.36. The zero-order chi connectivity index (χ0) is 30.1. The monoisotopic (exact) mass is 607 g/mol. The minimum Gasteiger partial charge on any atom is -0.365 e. The number of amides is 2. The van der Waals surface area contributed by atoms with E-state index in [1.54, 1.807) is 24.3 Å². The number of piperazine rings is 1. The van der Waals surface area contributed by atoms with Crippen molar-refractivity contribution in [1.29, 1.82) is 0 Å². The molecule has 0 bridgehead atoms. The molecule has 2 aliphatic heterocycles. The number of fused-ring (bicyclic) bond motifs is 1. The van der Waals surface area contributed by atoms with Crippen LogP contribution in [0.2, 0.25) is 5.02 Å². The lowest BCUT2D eigenvalue weighted by Gasteiger charge is -2.53. The molecule has 8 nitrogen and oxygen atoms in total. The van der Waals surface area contributed by atoms with Gasteiger partial charge in [0.05, 0.1) is 17.7 Å². The van der Waals surface area contributed by atoms with Crippen LogP contribution in [0.25, 0.3) is 0 Å². The molecule has 4 rings (SSSR count). The number of nitrogens with one attached hydrogen (secondary N) is 1. The molecule has 0 saturated carbocycles. The van der Waals surface area contributed by atoms with Gasteiger partial charge < -0.3 is 20.6 Å². The molecule has 2 heterocycles. The number of carbonyl (C=O) groups is 2. The Hall–Kier alpha value is -2.91. The summed E-state index contributed by atoms with van der Waals surface area (Å²) >= 11 is 5.95. The molecule has 2 fully saturated rings. The average molecular weight is 608 g/mol. The van der Waals surface area contributed by atoms with Gasteiger partial charge in [0.25, 0.3) is 0 Å². The van der Waals surface area contributed by atoms with Gasteiger partial charge in [0.15, 0.2) is 6.35 Å². The molecule has 224 valence electrons. The fraction of sp³-hybridized carbons (Fsp3) is 0.462. The Bertz CT molecular complexity index is 1230. The van der Waals surface area contributed by atoms with Gasteiger partial charge in [-0.2, -0.15) is 26.3 Å². The van der Waals surface area contributed by atoms with Crippen LogP contribution >= 0.6 is 11.6 Å². The Balaban J connectivity index is 1.56. The number of carbonyl (C=O) groups excluding carboxylic acids is 2. The molecule has 1 unspecified atom stereocenters. The van der Waals surface area contributed by atoms with Crippen molar-refractivity contribution in [3.8, 4) is 0 Å². The molecule has 0 aliphatic carbocycles. The molecule has 0 spiro atoms. The minimum absolute atomic E-state index is 0.00517. The molecule has 4 N–H and O–H groups in total. The molecule has 2 aromatic rings. The van der Waals surface area contributed by atoms with Gasteiger partial charge in [-0.05, 0) is 54.4 Å². The molecular formula is C26H28ClF6N5O3. The third-order valence-electron chi connectivity index (χ3n) is 7.07. The van der Waals surface area contributed by atoms with E-state index in [2.05, 4.69) is 5.32 Å². The lowest BCUT2D eigenvalue weighted by atomic mass is 10.0. The van der Waals surface area contributed by atoms with E-state index >= 15 is 0 Å². The van der Waals surface area contributed by atoms with Crippen LogP contribution in [0.3, 0.4) is 0 Å². The summed E-state index contributed by atoms with van der Waals surface area (Å²) < 4.78 is 79.6. The van der Waals surface area contributed by atoms with Crippen molar-refractivity contribution in [2.45, 2.75) is 56.8 Å². The maximum atomic E-state index is 13.4. The summed E-state index contributed by atoms with van der Waals surface area (Å²) in [7, 11) is 0. The Morgan fingerprint density at radius 2 is 1.61 bits per heavy atom. The van der Waals surface area contributed by atoms with Crippen LogP contribution in [0, 0.1) is 0 Å². The van der Waals surface area contributed by atoms with Crippen LogP contribution in [-0.4, -0.2) is 69.8 Å². The van der Waals surface area contributed by atoms with E-state index in [0.717, 1.165) is 5.56 Å². The molecule has 2 aliphatic rings. The highest BCUT2D eigenvalue weighted by atomic mass is 35.5. The summed E-state index contributed by atoms with van der Waals surface area (Å²) in [6, 6.07) is 7.08. The van der Waals surface area contributed by atoms with E-state index in [1.165, 1.54) is 14.7 Å². The number of rotatable bonds is 8. The summed E-state index contributed by atoms with van der Waals surface area (Å²) in [5.41, 5.74) is 3.21. The summed E-state index contributed by atoms with van der Waals surface area (Å²) in [6.45, 7) is -0.236. The van der Waals surface area contributed by atoms with Crippen molar-refractivity contribution in [3.63, 3.8) is 0 Å². The van der Waals surface area contributed by atoms with E-state index < -0.39 is 48.6 Å². The van der Waals surface area contributed by atoms with Crippen molar-refractivity contribution in [2.24, 2.45) is 5.73 Å². The fourth-order valence-electron chi connectivity index (χ4n) is 5.13. The van der Waals surface area contributed by atoms with Crippen molar-refractivity contribution in [2.75, 3.05) is 19.6 Å². The highest BCUT2D eigenvalue weighted by molar-refractivity contribution is 6.30. The number of halogens is 7. The highest BCUT2D eigenvalue weighted by Gasteiger charge is 2.48. The van der Waals surface area contributed by atoms with Gasteiger partial charge >= 0.3 is 12.4 Å². The summed E-state index contributed by atoms with van der Waals surface area (Å²) in [6.07, 6.45) is -12.3. The molecule has 0 aromatic heterocycles. The van der Waals surface area contributed by atoms with Crippen molar-refractivity contribution in [3.05, 3.63) is 69.7 Å². The van der Waals surface area contributed by atoms with Gasteiger partial charge in [-0.1, -0.05) is 23.7 Å². The number of hydrogen-bond donors (Lipinski definition) is 3. The average Bonchev–Trinajstić information content (AvgIpc) is 2.90. The lowest BCUT2D eigenvalue weighted by Crippen LogP contribution is -2.72. The van der Waals surface area contributed by atoms with E-state index in [0.29, 0.717) is 17.2 Å². The summed E-state index contributed by atoms with van der Waals surface area (Å²) in [4.78, 5) is 30.6. The van der Waals surface area contributed by atoms with Crippen molar-refractivity contribution >= 4 is 23.4 Å². The van der Waals surface area contributed by atoms with Crippen LogP contribution in [-0.2, 0) is 35.0 Å². The first-order valence-electron chi connectivity index (χ1n) is 12.7. The number of aliphatic hydroxyl groups is 1. The quantitative estimate of drug-likeness (QED) is 0.314. The summed E-state index contributed by atoms with van der Waals surface area (Å²) in [5.74, 6) is -0.660. The second-order valence-electron chi connectivity index (χ2n) is 9.88. The largest absolute Gasteiger partial charge is 0.416 e. The second kappa shape index (κ2) is 12.1.